The molecule has 0 aliphatic rings. The van der Waals surface area contributed by atoms with Crippen LogP contribution < -0.4 is 9.47 Å². The smallest absolute Gasteiger partial charge is 0.360 e. The summed E-state index contributed by atoms with van der Waals surface area (Å²) in [5.74, 6) is 10.1. The van der Waals surface area contributed by atoms with Gasteiger partial charge in [0.1, 0.15) is 17.0 Å². The fourth-order valence-electron chi connectivity index (χ4n) is 3.34. The number of carboxylic acid groups (broad SMARTS) is 2. The molecule has 0 radical (unpaired) electrons. The normalized spacial score (nSPS) is 11.0. The lowest BCUT2D eigenvalue weighted by Crippen LogP contribution is -2.29. The Kier molecular flexibility index (Phi) is 7.78. The van der Waals surface area contributed by atoms with Gasteiger partial charge in [0.2, 0.25) is 11.4 Å². The minimum Gasteiger partial charge on any atom is -0.476 e. The van der Waals surface area contributed by atoms with E-state index in [4.69, 9.17) is 14.6 Å². The minimum absolute atomic E-state index is 0.174. The monoisotopic (exact) mass is 554 g/mol. The number of carboxylic acids is 2. The van der Waals surface area contributed by atoms with Crippen LogP contribution >= 0.6 is 0 Å². The number of benzene rings is 2. The van der Waals surface area contributed by atoms with Crippen LogP contribution in [0.2, 0.25) is 0 Å². The molecule has 4 rings (SSSR count). The standard InChI is InChI=1S/C29H26N6O6/c1-28(2,3)15-13-19-7-6-8-21(17-19)41-25-23(27(38)39)35(34-32-25)29(4,5)16-14-18-9-11-20(12-10-18)40-24-22(26(36)37)30-33-31-24/h6-12,17H,1-5H3,(H,36,37)(H,38,39)(H,30,31,33). The Balaban J connectivity index is 1.54. The largest absolute Gasteiger partial charge is 0.476 e. The van der Waals surface area contributed by atoms with Crippen molar-refractivity contribution in [3.05, 3.63) is 71.0 Å². The van der Waals surface area contributed by atoms with Crippen molar-refractivity contribution in [2.24, 2.45) is 5.41 Å². The number of hydrogen-bond donors (Lipinski definition) is 3. The fourth-order valence-corrected chi connectivity index (χ4v) is 3.34. The van der Waals surface area contributed by atoms with Gasteiger partial charge < -0.3 is 19.7 Å². The van der Waals surface area contributed by atoms with Crippen LogP contribution in [0.1, 0.15) is 66.7 Å². The Bertz CT molecular complexity index is 1720. The number of nitrogens with zero attached hydrogens (tertiary/aromatic N) is 5. The SMILES string of the molecule is CC(C)(C)C#Cc1cccc(Oc2nnn(C(C)(C)C#Cc3ccc(Oc4nn[nH]c4C(=O)O)cc3)c2C(=O)O)c1. The molecule has 0 saturated carbocycles. The number of H-pyrrole nitrogens is 1. The molecule has 2 heterocycles. The third-order valence-corrected chi connectivity index (χ3v) is 5.31. The molecular weight excluding hydrogens is 528 g/mol. The van der Waals surface area contributed by atoms with Gasteiger partial charge in [-0.3, -0.25) is 0 Å². The summed E-state index contributed by atoms with van der Waals surface area (Å²) in [5, 5.41) is 36.4. The van der Waals surface area contributed by atoms with Crippen molar-refractivity contribution < 1.29 is 29.3 Å². The topological polar surface area (TPSA) is 165 Å². The Morgan fingerprint density at radius 3 is 2.17 bits per heavy atom. The van der Waals surface area contributed by atoms with Gasteiger partial charge in [-0.1, -0.05) is 50.4 Å². The number of rotatable bonds is 7. The molecule has 0 saturated heterocycles. The van der Waals surface area contributed by atoms with Crippen molar-refractivity contribution >= 4 is 11.9 Å². The van der Waals surface area contributed by atoms with E-state index in [2.05, 4.69) is 49.4 Å². The number of nitrogens with one attached hydrogen (secondary N) is 1. The Labute approximate surface area is 235 Å². The molecule has 12 nitrogen and oxygen atoms in total. The van der Waals surface area contributed by atoms with Crippen LogP contribution in [-0.2, 0) is 5.54 Å². The van der Waals surface area contributed by atoms with Crippen LogP contribution in [0.15, 0.2) is 48.5 Å². The highest BCUT2D eigenvalue weighted by molar-refractivity contribution is 5.88. The molecule has 0 aliphatic heterocycles. The van der Waals surface area contributed by atoms with Crippen LogP contribution in [0.3, 0.4) is 0 Å². The zero-order valence-electron chi connectivity index (χ0n) is 22.9. The van der Waals surface area contributed by atoms with Gasteiger partial charge in [-0.05, 0) is 77.1 Å². The van der Waals surface area contributed by atoms with Gasteiger partial charge >= 0.3 is 11.9 Å². The third kappa shape index (κ3) is 7.07. The molecular formula is C29H26N6O6. The average Bonchev–Trinajstić information content (AvgIpc) is 3.55. The first kappa shape index (κ1) is 28.4. The first-order chi connectivity index (χ1) is 19.3. The second-order valence-electron chi connectivity index (χ2n) is 10.3. The van der Waals surface area contributed by atoms with Crippen molar-refractivity contribution in [2.45, 2.75) is 40.2 Å². The van der Waals surface area contributed by atoms with Crippen LogP contribution in [0, 0.1) is 29.1 Å². The summed E-state index contributed by atoms with van der Waals surface area (Å²) < 4.78 is 12.5. The van der Waals surface area contributed by atoms with Crippen LogP contribution in [-0.4, -0.2) is 52.6 Å². The van der Waals surface area contributed by atoms with E-state index in [1.165, 1.54) is 4.68 Å². The molecule has 2 aromatic carbocycles. The predicted octanol–water partition coefficient (Wildman–Crippen LogP) is 4.56. The highest BCUT2D eigenvalue weighted by atomic mass is 16.5. The van der Waals surface area contributed by atoms with E-state index in [-0.39, 0.29) is 28.6 Å². The maximum atomic E-state index is 12.2. The summed E-state index contributed by atoms with van der Waals surface area (Å²) >= 11 is 0. The van der Waals surface area contributed by atoms with E-state index in [0.29, 0.717) is 22.6 Å². The van der Waals surface area contributed by atoms with Crippen LogP contribution in [0.25, 0.3) is 0 Å². The first-order valence-electron chi connectivity index (χ1n) is 12.3. The molecule has 0 spiro atoms. The maximum absolute atomic E-state index is 12.2. The van der Waals surface area contributed by atoms with Gasteiger partial charge in [0.05, 0.1) is 0 Å². The number of hydrogen-bond acceptors (Lipinski definition) is 8. The Morgan fingerprint density at radius 1 is 0.829 bits per heavy atom. The quantitative estimate of drug-likeness (QED) is 0.276. The lowest BCUT2D eigenvalue weighted by Gasteiger charge is -2.19. The lowest BCUT2D eigenvalue weighted by molar-refractivity contribution is 0.0668. The van der Waals surface area contributed by atoms with Crippen molar-refractivity contribution in [3.8, 4) is 46.9 Å². The highest BCUT2D eigenvalue weighted by Gasteiger charge is 2.30. The van der Waals surface area contributed by atoms with Gasteiger partial charge in [-0.15, -0.1) is 0 Å². The minimum atomic E-state index is -1.28. The lowest BCUT2D eigenvalue weighted by atomic mass is 9.97. The van der Waals surface area contributed by atoms with Gasteiger partial charge in [0.25, 0.3) is 11.8 Å². The van der Waals surface area contributed by atoms with Gasteiger partial charge in [-0.25, -0.2) is 19.4 Å². The van der Waals surface area contributed by atoms with E-state index in [1.807, 2.05) is 26.8 Å². The fraction of sp³-hybridized carbons (Fsp3) is 0.241. The molecule has 0 atom stereocenters. The summed E-state index contributed by atoms with van der Waals surface area (Å²) in [5.41, 5.74) is -0.501. The van der Waals surface area contributed by atoms with E-state index in [9.17, 15) is 14.7 Å². The molecule has 0 aliphatic carbocycles. The molecule has 208 valence electrons. The molecule has 12 heteroatoms. The first-order valence-corrected chi connectivity index (χ1v) is 12.3. The number of ether oxygens (including phenoxy) is 2. The van der Waals surface area contributed by atoms with Gasteiger partial charge in [0.15, 0.2) is 0 Å². The molecule has 0 fully saturated rings. The molecule has 4 aromatic rings. The van der Waals surface area contributed by atoms with E-state index in [0.717, 1.165) is 0 Å². The molecule has 2 aromatic heterocycles. The number of aromatic nitrogens is 6. The summed E-state index contributed by atoms with van der Waals surface area (Å²) in [4.78, 5) is 23.4. The van der Waals surface area contributed by atoms with Gasteiger partial charge in [-0.2, -0.15) is 0 Å². The Morgan fingerprint density at radius 2 is 1.51 bits per heavy atom. The van der Waals surface area contributed by atoms with Crippen molar-refractivity contribution in [2.75, 3.05) is 0 Å². The molecule has 0 bridgehead atoms. The summed E-state index contributed by atoms with van der Waals surface area (Å²) in [6, 6.07) is 13.5. The molecule has 0 unspecified atom stereocenters. The average molecular weight is 555 g/mol. The predicted molar refractivity (Wildman–Crippen MR) is 146 cm³/mol. The van der Waals surface area contributed by atoms with Crippen molar-refractivity contribution in [1.29, 1.82) is 0 Å². The maximum Gasteiger partial charge on any atom is 0.360 e. The third-order valence-electron chi connectivity index (χ3n) is 5.31. The van der Waals surface area contributed by atoms with E-state index >= 15 is 0 Å². The summed E-state index contributed by atoms with van der Waals surface area (Å²) in [7, 11) is 0. The summed E-state index contributed by atoms with van der Waals surface area (Å²) in [6.07, 6.45) is 0. The van der Waals surface area contributed by atoms with Crippen LogP contribution in [0.4, 0.5) is 0 Å². The Hall–Kier alpha value is -5.62. The molecule has 3 N–H and O–H groups in total. The van der Waals surface area contributed by atoms with E-state index < -0.39 is 17.5 Å². The number of aromatic carboxylic acids is 2. The highest BCUT2D eigenvalue weighted by Crippen LogP contribution is 2.28. The second kappa shape index (κ2) is 11.2. The van der Waals surface area contributed by atoms with Gasteiger partial charge in [0, 0.05) is 16.5 Å². The van der Waals surface area contributed by atoms with Crippen molar-refractivity contribution in [1.82, 2.24) is 30.4 Å². The van der Waals surface area contributed by atoms with E-state index in [1.54, 1.807) is 56.3 Å². The van der Waals surface area contributed by atoms with Crippen LogP contribution in [0.5, 0.6) is 23.3 Å². The zero-order chi connectivity index (χ0) is 29.8. The summed E-state index contributed by atoms with van der Waals surface area (Å²) in [6.45, 7) is 9.41. The number of aromatic amines is 1. The number of carbonyl (C=O) groups is 2. The zero-order valence-corrected chi connectivity index (χ0v) is 22.9. The molecule has 0 amide bonds. The van der Waals surface area contributed by atoms with Crippen molar-refractivity contribution in [3.63, 3.8) is 0 Å². The molecule has 41 heavy (non-hydrogen) atoms. The second-order valence-corrected chi connectivity index (χ2v) is 10.3.